The van der Waals surface area contributed by atoms with E-state index in [1.807, 2.05) is 0 Å². The summed E-state index contributed by atoms with van der Waals surface area (Å²) in [6, 6.07) is 8.49. The number of fused-ring (bicyclic) bond motifs is 1. The van der Waals surface area contributed by atoms with Gasteiger partial charge in [-0.2, -0.15) is 0 Å². The normalized spacial score (nSPS) is 12.4. The molecule has 1 heteroatoms. The molecule has 1 radical (unpaired) electrons. The van der Waals surface area contributed by atoms with E-state index in [4.69, 9.17) is 0 Å². The van der Waals surface area contributed by atoms with E-state index in [1.165, 1.54) is 11.1 Å². The van der Waals surface area contributed by atoms with E-state index >= 15 is 0 Å². The van der Waals surface area contributed by atoms with E-state index in [0.29, 0.717) is 0 Å². The van der Waals surface area contributed by atoms with Gasteiger partial charge in [-0.15, -0.1) is 0 Å². The van der Waals surface area contributed by atoms with Gasteiger partial charge in [0.1, 0.15) is 0 Å². The van der Waals surface area contributed by atoms with Crippen LogP contribution in [0.25, 0.3) is 6.08 Å². The summed E-state index contributed by atoms with van der Waals surface area (Å²) < 4.78 is 0. The zero-order chi connectivity index (χ0) is 6.10. The van der Waals surface area contributed by atoms with Crippen molar-refractivity contribution < 1.29 is 22.4 Å². The van der Waals surface area contributed by atoms with Gasteiger partial charge in [-0.1, -0.05) is 36.4 Å². The molecular formula is C9H8Ag. The summed E-state index contributed by atoms with van der Waals surface area (Å²) in [6.07, 6.45) is 5.50. The third-order valence-corrected chi connectivity index (χ3v) is 1.69. The molecule has 0 heterocycles. The molecule has 0 atom stereocenters. The minimum absolute atomic E-state index is 0. The van der Waals surface area contributed by atoms with Crippen molar-refractivity contribution in [3.05, 3.63) is 41.5 Å². The second kappa shape index (κ2) is 3.20. The largest absolute Gasteiger partial charge is 0.0795 e. The Balaban J connectivity index is 0.000000500. The molecular weight excluding hydrogens is 216 g/mol. The Morgan fingerprint density at radius 1 is 1.10 bits per heavy atom. The average molecular weight is 224 g/mol. The Kier molecular flexibility index (Phi) is 2.50. The molecule has 0 aliphatic heterocycles. The van der Waals surface area contributed by atoms with Gasteiger partial charge in [0.25, 0.3) is 0 Å². The van der Waals surface area contributed by atoms with E-state index in [2.05, 4.69) is 36.4 Å². The maximum atomic E-state index is 2.20. The maximum absolute atomic E-state index is 2.20. The molecule has 10 heavy (non-hydrogen) atoms. The molecule has 0 aromatic heterocycles. The smallest absolute Gasteiger partial charge is 0 e. The first kappa shape index (κ1) is 7.80. The molecule has 55 valence electrons. The predicted molar refractivity (Wildman–Crippen MR) is 39.2 cm³/mol. The van der Waals surface area contributed by atoms with Gasteiger partial charge in [0.2, 0.25) is 0 Å². The topological polar surface area (TPSA) is 0 Å². The molecule has 1 aromatic rings. The molecule has 0 N–H and O–H groups in total. The van der Waals surface area contributed by atoms with Crippen LogP contribution in [0.15, 0.2) is 30.3 Å². The molecule has 1 aliphatic rings. The molecule has 0 bridgehead atoms. The van der Waals surface area contributed by atoms with Gasteiger partial charge in [0.05, 0.1) is 0 Å². The van der Waals surface area contributed by atoms with E-state index in [1.54, 1.807) is 0 Å². The fourth-order valence-corrected chi connectivity index (χ4v) is 1.20. The van der Waals surface area contributed by atoms with Crippen molar-refractivity contribution >= 4 is 6.08 Å². The van der Waals surface area contributed by atoms with E-state index in [0.717, 1.165) is 6.42 Å². The molecule has 0 nitrogen and oxygen atoms in total. The number of hydrogen-bond donors (Lipinski definition) is 0. The molecule has 0 saturated heterocycles. The van der Waals surface area contributed by atoms with E-state index in [9.17, 15) is 0 Å². The summed E-state index contributed by atoms with van der Waals surface area (Å²) in [5, 5.41) is 0. The van der Waals surface area contributed by atoms with E-state index < -0.39 is 0 Å². The molecule has 0 amide bonds. The Hall–Kier alpha value is -0.300. The van der Waals surface area contributed by atoms with Crippen LogP contribution < -0.4 is 0 Å². The predicted octanol–water partition coefficient (Wildman–Crippen LogP) is 2.25. The monoisotopic (exact) mass is 223 g/mol. The van der Waals surface area contributed by atoms with Gasteiger partial charge in [-0.3, -0.25) is 0 Å². The van der Waals surface area contributed by atoms with Crippen LogP contribution in [0.1, 0.15) is 11.1 Å². The van der Waals surface area contributed by atoms with Crippen molar-refractivity contribution in [2.45, 2.75) is 6.42 Å². The summed E-state index contributed by atoms with van der Waals surface area (Å²) in [7, 11) is 0. The Morgan fingerprint density at radius 3 is 2.70 bits per heavy atom. The molecule has 2 rings (SSSR count). The third-order valence-electron chi connectivity index (χ3n) is 1.69. The fraction of sp³-hybridized carbons (Fsp3) is 0.111. The van der Waals surface area contributed by atoms with Crippen LogP contribution in [0.3, 0.4) is 0 Å². The summed E-state index contributed by atoms with van der Waals surface area (Å²) in [6.45, 7) is 0. The number of rotatable bonds is 0. The average Bonchev–Trinajstić information content (AvgIpc) is 2.33. The zero-order valence-electron chi connectivity index (χ0n) is 5.47. The maximum Gasteiger partial charge on any atom is 0 e. The van der Waals surface area contributed by atoms with Gasteiger partial charge in [0.15, 0.2) is 0 Å². The van der Waals surface area contributed by atoms with Gasteiger partial charge in [-0.25, -0.2) is 0 Å². The van der Waals surface area contributed by atoms with Crippen LogP contribution in [0.2, 0.25) is 0 Å². The first-order valence-electron chi connectivity index (χ1n) is 3.21. The Bertz CT molecular complexity index is 251. The molecule has 0 spiro atoms. The Labute approximate surface area is 76.5 Å². The summed E-state index contributed by atoms with van der Waals surface area (Å²) in [4.78, 5) is 0. The van der Waals surface area contributed by atoms with Crippen LogP contribution in [-0.4, -0.2) is 0 Å². The number of hydrogen-bond acceptors (Lipinski definition) is 0. The summed E-state index contributed by atoms with van der Waals surface area (Å²) in [5.41, 5.74) is 2.84. The van der Waals surface area contributed by atoms with Crippen molar-refractivity contribution in [2.75, 3.05) is 0 Å². The Morgan fingerprint density at radius 2 is 1.90 bits per heavy atom. The van der Waals surface area contributed by atoms with Gasteiger partial charge < -0.3 is 0 Å². The van der Waals surface area contributed by atoms with Crippen LogP contribution >= 0.6 is 0 Å². The standard InChI is InChI=1S/C9H8.Ag/c1-2-5-9-7-3-6-8(9)4-1;/h1-6H,7H2;. The molecule has 0 fully saturated rings. The van der Waals surface area contributed by atoms with Crippen molar-refractivity contribution in [1.29, 1.82) is 0 Å². The van der Waals surface area contributed by atoms with Crippen molar-refractivity contribution in [3.63, 3.8) is 0 Å². The minimum Gasteiger partial charge on any atom is -0.0795 e. The van der Waals surface area contributed by atoms with Gasteiger partial charge >= 0.3 is 0 Å². The SMILES string of the molecule is C1=Cc2ccccc2C1.[Ag]. The first-order valence-corrected chi connectivity index (χ1v) is 3.21. The molecule has 0 unspecified atom stereocenters. The molecule has 1 aliphatic carbocycles. The van der Waals surface area contributed by atoms with Crippen molar-refractivity contribution in [3.8, 4) is 0 Å². The van der Waals surface area contributed by atoms with Crippen molar-refractivity contribution in [2.24, 2.45) is 0 Å². The zero-order valence-corrected chi connectivity index (χ0v) is 6.95. The van der Waals surface area contributed by atoms with Crippen molar-refractivity contribution in [1.82, 2.24) is 0 Å². The third kappa shape index (κ3) is 1.24. The molecule has 1 aromatic carbocycles. The minimum atomic E-state index is 0. The second-order valence-electron chi connectivity index (χ2n) is 2.31. The second-order valence-corrected chi connectivity index (χ2v) is 2.31. The number of allylic oxidation sites excluding steroid dienone is 1. The fourth-order valence-electron chi connectivity index (χ4n) is 1.20. The van der Waals surface area contributed by atoms with Crippen LogP contribution in [0.5, 0.6) is 0 Å². The van der Waals surface area contributed by atoms with Gasteiger partial charge in [0, 0.05) is 22.4 Å². The van der Waals surface area contributed by atoms with Gasteiger partial charge in [-0.05, 0) is 17.5 Å². The summed E-state index contributed by atoms with van der Waals surface area (Å²) >= 11 is 0. The quantitative estimate of drug-likeness (QED) is 0.593. The number of benzene rings is 1. The summed E-state index contributed by atoms with van der Waals surface area (Å²) in [5.74, 6) is 0. The van der Waals surface area contributed by atoms with Crippen LogP contribution in [0.4, 0.5) is 0 Å². The van der Waals surface area contributed by atoms with Crippen LogP contribution in [-0.2, 0) is 28.8 Å². The van der Waals surface area contributed by atoms with Crippen LogP contribution in [0, 0.1) is 0 Å². The molecule has 0 saturated carbocycles. The van der Waals surface area contributed by atoms with E-state index in [-0.39, 0.29) is 22.4 Å². The first-order chi connectivity index (χ1) is 4.47.